The van der Waals surface area contributed by atoms with Crippen LogP contribution < -0.4 is 9.46 Å². The van der Waals surface area contributed by atoms with Crippen LogP contribution in [0.1, 0.15) is 26.2 Å². The Morgan fingerprint density at radius 1 is 1.31 bits per heavy atom. The third-order valence-corrected chi connectivity index (χ3v) is 6.00. The molecule has 8 heteroatoms. The number of Topliss-reactive ketones (excluding diaryl/α,β-unsaturated/α-hetero) is 1. The molecule has 1 saturated carbocycles. The zero-order valence-corrected chi connectivity index (χ0v) is 15.5. The molecule has 0 amide bonds. The van der Waals surface area contributed by atoms with Gasteiger partial charge in [-0.25, -0.2) is 17.8 Å². The van der Waals surface area contributed by atoms with Crippen molar-refractivity contribution in [3.63, 3.8) is 0 Å². The maximum atomic E-state index is 11.9. The number of nitrogens with zero attached hydrogens (tertiary/aromatic N) is 2. The lowest BCUT2D eigenvalue weighted by Gasteiger charge is -2.31. The summed E-state index contributed by atoms with van der Waals surface area (Å²) in [5.41, 5.74) is 0.920. The van der Waals surface area contributed by atoms with Crippen molar-refractivity contribution in [2.45, 2.75) is 32.2 Å². The fourth-order valence-electron chi connectivity index (χ4n) is 3.05. The Kier molecular flexibility index (Phi) is 5.73. The van der Waals surface area contributed by atoms with Crippen molar-refractivity contribution < 1.29 is 17.9 Å². The van der Waals surface area contributed by atoms with E-state index in [1.807, 2.05) is 36.5 Å². The summed E-state index contributed by atoms with van der Waals surface area (Å²) >= 11 is 0. The van der Waals surface area contributed by atoms with Crippen LogP contribution in [-0.4, -0.2) is 42.4 Å². The highest BCUT2D eigenvalue weighted by Crippen LogP contribution is 2.24. The molecule has 1 heterocycles. The van der Waals surface area contributed by atoms with Crippen LogP contribution in [0.5, 0.6) is 5.75 Å². The van der Waals surface area contributed by atoms with Crippen LogP contribution in [0, 0.1) is 5.92 Å². The predicted molar refractivity (Wildman–Crippen MR) is 97.8 cm³/mol. The van der Waals surface area contributed by atoms with E-state index in [1.165, 1.54) is 0 Å². The molecule has 1 N–H and O–H groups in total. The van der Waals surface area contributed by atoms with Crippen molar-refractivity contribution in [2.24, 2.45) is 5.92 Å². The van der Waals surface area contributed by atoms with Gasteiger partial charge in [0.1, 0.15) is 11.5 Å². The minimum absolute atomic E-state index is 0.0277. The molecule has 2 atom stereocenters. The van der Waals surface area contributed by atoms with E-state index in [1.54, 1.807) is 17.8 Å². The first-order valence-electron chi connectivity index (χ1n) is 8.71. The highest BCUT2D eigenvalue weighted by Gasteiger charge is 2.32. The molecule has 1 aliphatic rings. The summed E-state index contributed by atoms with van der Waals surface area (Å²) in [4.78, 5) is 11.8. The second-order valence-corrected chi connectivity index (χ2v) is 8.47. The Balaban J connectivity index is 1.63. The quantitative estimate of drug-likeness (QED) is 0.796. The van der Waals surface area contributed by atoms with Crippen LogP contribution in [0.2, 0.25) is 0 Å². The normalized spacial score (nSPS) is 20.9. The van der Waals surface area contributed by atoms with Crippen molar-refractivity contribution >= 4 is 15.8 Å². The van der Waals surface area contributed by atoms with Crippen LogP contribution in [0.3, 0.4) is 0 Å². The van der Waals surface area contributed by atoms with E-state index in [-0.39, 0.29) is 23.5 Å². The lowest BCUT2D eigenvalue weighted by Crippen LogP contribution is -2.46. The largest absolute Gasteiger partial charge is 0.493 e. The molecule has 140 valence electrons. The topological polar surface area (TPSA) is 90.3 Å². The Morgan fingerprint density at radius 3 is 2.73 bits per heavy atom. The van der Waals surface area contributed by atoms with E-state index in [2.05, 4.69) is 9.82 Å². The Bertz CT molecular complexity index is 832. The van der Waals surface area contributed by atoms with Crippen LogP contribution in [0.4, 0.5) is 0 Å². The van der Waals surface area contributed by atoms with Crippen LogP contribution in [0.25, 0.3) is 5.69 Å². The third-order valence-electron chi connectivity index (χ3n) is 4.57. The number of carbonyl (C=O) groups excluding carboxylic acids is 1. The van der Waals surface area contributed by atoms with Crippen molar-refractivity contribution in [3.05, 3.63) is 42.7 Å². The van der Waals surface area contributed by atoms with Crippen LogP contribution >= 0.6 is 0 Å². The number of carbonyl (C=O) groups is 1. The molecular weight excluding hydrogens is 354 g/mol. The molecule has 2 aromatic rings. The average Bonchev–Trinajstić information content (AvgIpc) is 3.17. The molecule has 0 bridgehead atoms. The van der Waals surface area contributed by atoms with Crippen molar-refractivity contribution in [2.75, 3.05) is 12.4 Å². The van der Waals surface area contributed by atoms with Gasteiger partial charge in [-0.15, -0.1) is 0 Å². The first-order chi connectivity index (χ1) is 12.5. The van der Waals surface area contributed by atoms with Gasteiger partial charge in [0.15, 0.2) is 0 Å². The second kappa shape index (κ2) is 8.01. The van der Waals surface area contributed by atoms with Crippen molar-refractivity contribution in [1.82, 2.24) is 14.5 Å². The highest BCUT2D eigenvalue weighted by atomic mass is 32.2. The maximum Gasteiger partial charge on any atom is 0.211 e. The van der Waals surface area contributed by atoms with E-state index >= 15 is 0 Å². The third kappa shape index (κ3) is 4.70. The molecule has 0 aliphatic heterocycles. The van der Waals surface area contributed by atoms with E-state index in [0.29, 0.717) is 31.6 Å². The first kappa shape index (κ1) is 18.6. The van der Waals surface area contributed by atoms with E-state index in [4.69, 9.17) is 4.74 Å². The molecular formula is C18H23N3O4S. The van der Waals surface area contributed by atoms with Crippen LogP contribution in [0.15, 0.2) is 42.7 Å². The number of ketones is 1. The maximum absolute atomic E-state index is 11.9. The molecule has 0 saturated heterocycles. The minimum Gasteiger partial charge on any atom is -0.493 e. The number of aromatic nitrogens is 2. The first-order valence-corrected chi connectivity index (χ1v) is 10.4. The summed E-state index contributed by atoms with van der Waals surface area (Å²) in [7, 11) is -3.31. The fourth-order valence-corrected chi connectivity index (χ4v) is 3.99. The molecule has 0 spiro atoms. The second-order valence-electron chi connectivity index (χ2n) is 6.42. The van der Waals surface area contributed by atoms with Gasteiger partial charge in [-0.3, -0.25) is 4.79 Å². The minimum atomic E-state index is -3.31. The molecule has 1 aromatic carbocycles. The SMILES string of the molecule is CCS(=O)(=O)NC1CCC(=O)CC1COc1ccc(-n2cccn2)cc1. The van der Waals surface area contributed by atoms with Gasteiger partial charge in [-0.05, 0) is 43.7 Å². The number of hydrogen-bond acceptors (Lipinski definition) is 5. The van der Waals surface area contributed by atoms with Gasteiger partial charge in [0.2, 0.25) is 10.0 Å². The molecule has 2 unspecified atom stereocenters. The molecule has 1 aliphatic carbocycles. The Morgan fingerprint density at radius 2 is 2.08 bits per heavy atom. The average molecular weight is 377 g/mol. The van der Waals surface area contributed by atoms with Gasteiger partial charge in [0, 0.05) is 37.2 Å². The molecule has 0 radical (unpaired) electrons. The molecule has 26 heavy (non-hydrogen) atoms. The fraction of sp³-hybridized carbons (Fsp3) is 0.444. The molecule has 7 nitrogen and oxygen atoms in total. The standard InChI is InChI=1S/C18H23N3O4S/c1-2-26(23,24)20-18-9-6-16(22)12-14(18)13-25-17-7-4-15(5-8-17)21-11-3-10-19-21/h3-5,7-8,10-11,14,18,20H,2,6,9,12-13H2,1H3. The summed E-state index contributed by atoms with van der Waals surface area (Å²) in [5.74, 6) is 0.693. The summed E-state index contributed by atoms with van der Waals surface area (Å²) < 4.78 is 34.0. The number of ether oxygens (including phenoxy) is 1. The highest BCUT2D eigenvalue weighted by molar-refractivity contribution is 7.89. The monoisotopic (exact) mass is 377 g/mol. The molecule has 1 aromatic heterocycles. The summed E-state index contributed by atoms with van der Waals surface area (Å²) in [6.45, 7) is 1.90. The lowest BCUT2D eigenvalue weighted by atomic mass is 9.85. The summed E-state index contributed by atoms with van der Waals surface area (Å²) in [5, 5.41) is 4.17. The van der Waals surface area contributed by atoms with Gasteiger partial charge in [0.25, 0.3) is 0 Å². The van der Waals surface area contributed by atoms with Crippen molar-refractivity contribution in [3.8, 4) is 11.4 Å². The zero-order chi connectivity index (χ0) is 18.6. The van der Waals surface area contributed by atoms with E-state index in [0.717, 1.165) is 5.69 Å². The van der Waals surface area contributed by atoms with Gasteiger partial charge in [0.05, 0.1) is 18.0 Å². The molecule has 1 fully saturated rings. The zero-order valence-electron chi connectivity index (χ0n) is 14.7. The number of nitrogens with one attached hydrogen (secondary N) is 1. The Labute approximate surface area is 153 Å². The number of rotatable bonds is 7. The number of benzene rings is 1. The molecule has 3 rings (SSSR count). The van der Waals surface area contributed by atoms with Gasteiger partial charge >= 0.3 is 0 Å². The number of sulfonamides is 1. The summed E-state index contributed by atoms with van der Waals surface area (Å²) in [6, 6.07) is 9.06. The predicted octanol–water partition coefficient (Wildman–Crippen LogP) is 1.93. The van der Waals surface area contributed by atoms with Crippen molar-refractivity contribution in [1.29, 1.82) is 0 Å². The van der Waals surface area contributed by atoms with Gasteiger partial charge in [-0.2, -0.15) is 5.10 Å². The van der Waals surface area contributed by atoms with Gasteiger partial charge in [-0.1, -0.05) is 0 Å². The lowest BCUT2D eigenvalue weighted by molar-refractivity contribution is -0.122. The van der Waals surface area contributed by atoms with Crippen LogP contribution in [-0.2, 0) is 14.8 Å². The van der Waals surface area contributed by atoms with E-state index in [9.17, 15) is 13.2 Å². The smallest absolute Gasteiger partial charge is 0.211 e. The van der Waals surface area contributed by atoms with E-state index < -0.39 is 10.0 Å². The number of hydrogen-bond donors (Lipinski definition) is 1. The summed E-state index contributed by atoms with van der Waals surface area (Å²) in [6.07, 6.45) is 4.83. The van der Waals surface area contributed by atoms with Gasteiger partial charge < -0.3 is 4.74 Å². The Hall–Kier alpha value is -2.19.